The summed E-state index contributed by atoms with van der Waals surface area (Å²) in [4.78, 5) is 25.1. The second-order valence-electron chi connectivity index (χ2n) is 4.93. The van der Waals surface area contributed by atoms with Crippen LogP contribution < -0.4 is 5.32 Å². The molecule has 1 aliphatic carbocycles. The fourth-order valence-electron chi connectivity index (χ4n) is 2.39. The van der Waals surface area contributed by atoms with E-state index < -0.39 is 12.1 Å². The number of rotatable bonds is 1. The van der Waals surface area contributed by atoms with Gasteiger partial charge in [-0.2, -0.15) is 0 Å². The molecule has 2 N–H and O–H groups in total. The van der Waals surface area contributed by atoms with Crippen molar-refractivity contribution in [1.29, 1.82) is 0 Å². The summed E-state index contributed by atoms with van der Waals surface area (Å²) >= 11 is 0. The number of aliphatic hydroxyl groups excluding tert-OH is 1. The third-order valence-electron chi connectivity index (χ3n) is 3.59. The van der Waals surface area contributed by atoms with Crippen LogP contribution in [0.25, 0.3) is 0 Å². The van der Waals surface area contributed by atoms with Crippen LogP contribution in [0, 0.1) is 5.92 Å². The monoisotopic (exact) mass is 256 g/mol. The fourth-order valence-corrected chi connectivity index (χ4v) is 2.39. The summed E-state index contributed by atoms with van der Waals surface area (Å²) in [5, 5.41) is 12.5. The number of hydrogen-bond donors (Lipinski definition) is 2. The molecule has 0 aromatic heterocycles. The molecule has 0 unspecified atom stereocenters. The number of esters is 1. The molecule has 0 spiro atoms. The molecular weight excluding hydrogens is 236 g/mol. The number of amides is 1. The van der Waals surface area contributed by atoms with Crippen molar-refractivity contribution in [2.24, 2.45) is 5.92 Å². The Labute approximate surface area is 106 Å². The topological polar surface area (TPSA) is 78.9 Å². The summed E-state index contributed by atoms with van der Waals surface area (Å²) in [5.74, 6) is -0.675. The lowest BCUT2D eigenvalue weighted by atomic mass is 9.88. The van der Waals surface area contributed by atoms with E-state index in [1.54, 1.807) is 4.90 Å². The van der Waals surface area contributed by atoms with E-state index in [-0.39, 0.29) is 12.0 Å². The van der Waals surface area contributed by atoms with Gasteiger partial charge in [-0.1, -0.05) is 0 Å². The first kappa shape index (κ1) is 13.3. The van der Waals surface area contributed by atoms with Gasteiger partial charge in [0.2, 0.25) is 0 Å². The number of hydrogen-bond acceptors (Lipinski definition) is 5. The third kappa shape index (κ3) is 3.43. The minimum atomic E-state index is -0.535. The van der Waals surface area contributed by atoms with Crippen LogP contribution >= 0.6 is 0 Å². The smallest absolute Gasteiger partial charge is 0.393 e. The van der Waals surface area contributed by atoms with Crippen molar-refractivity contribution in [2.45, 2.75) is 31.8 Å². The summed E-state index contributed by atoms with van der Waals surface area (Å²) in [5.41, 5.74) is 0. The molecule has 102 valence electrons. The Kier molecular flexibility index (Phi) is 4.54. The van der Waals surface area contributed by atoms with Gasteiger partial charge in [-0.15, -0.1) is 0 Å². The summed E-state index contributed by atoms with van der Waals surface area (Å²) in [6, 6.07) is 0. The van der Waals surface area contributed by atoms with Crippen molar-refractivity contribution in [3.8, 4) is 0 Å². The number of nitrogens with zero attached hydrogens (tertiary/aromatic N) is 1. The summed E-state index contributed by atoms with van der Waals surface area (Å²) < 4.78 is 4.90. The van der Waals surface area contributed by atoms with E-state index in [2.05, 4.69) is 5.32 Å². The SMILES string of the molecule is O=C(OC(=O)N1CCNCC1)C1CCC(O)CC1. The molecule has 0 aromatic carbocycles. The van der Waals surface area contributed by atoms with E-state index >= 15 is 0 Å². The average molecular weight is 256 g/mol. The van der Waals surface area contributed by atoms with E-state index in [9.17, 15) is 14.7 Å². The highest BCUT2D eigenvalue weighted by molar-refractivity contribution is 5.86. The third-order valence-corrected chi connectivity index (χ3v) is 3.59. The lowest BCUT2D eigenvalue weighted by molar-refractivity contribution is -0.144. The number of nitrogens with one attached hydrogen (secondary N) is 1. The first-order valence-electron chi connectivity index (χ1n) is 6.56. The van der Waals surface area contributed by atoms with Gasteiger partial charge >= 0.3 is 12.1 Å². The molecule has 18 heavy (non-hydrogen) atoms. The van der Waals surface area contributed by atoms with E-state index in [1.807, 2.05) is 0 Å². The first-order valence-corrected chi connectivity index (χ1v) is 6.56. The van der Waals surface area contributed by atoms with Gasteiger partial charge in [0, 0.05) is 26.2 Å². The minimum absolute atomic E-state index is 0.236. The maximum Gasteiger partial charge on any atom is 0.417 e. The second kappa shape index (κ2) is 6.15. The van der Waals surface area contributed by atoms with Crippen LogP contribution in [-0.4, -0.2) is 54.4 Å². The molecular formula is C12H20N2O4. The highest BCUT2D eigenvalue weighted by Gasteiger charge is 2.29. The quantitative estimate of drug-likeness (QED) is 0.514. The van der Waals surface area contributed by atoms with Gasteiger partial charge in [0.15, 0.2) is 0 Å². The lowest BCUT2D eigenvalue weighted by Crippen LogP contribution is -2.47. The lowest BCUT2D eigenvalue weighted by Gasteiger charge is -2.28. The maximum absolute atomic E-state index is 11.8. The van der Waals surface area contributed by atoms with Gasteiger partial charge in [-0.3, -0.25) is 4.79 Å². The Morgan fingerprint density at radius 1 is 1.11 bits per heavy atom. The molecule has 0 bridgehead atoms. The van der Waals surface area contributed by atoms with Crippen LogP contribution in [0.5, 0.6) is 0 Å². The first-order chi connectivity index (χ1) is 8.66. The second-order valence-corrected chi connectivity index (χ2v) is 4.93. The molecule has 0 atom stereocenters. The predicted octanol–water partition coefficient (Wildman–Crippen LogP) is 0.106. The molecule has 6 heteroatoms. The Balaban J connectivity index is 1.77. The minimum Gasteiger partial charge on any atom is -0.393 e. The van der Waals surface area contributed by atoms with Crippen molar-refractivity contribution in [2.75, 3.05) is 26.2 Å². The van der Waals surface area contributed by atoms with Gasteiger partial charge in [0.1, 0.15) is 0 Å². The Morgan fingerprint density at radius 3 is 2.33 bits per heavy atom. The molecule has 6 nitrogen and oxygen atoms in total. The predicted molar refractivity (Wildman–Crippen MR) is 63.9 cm³/mol. The molecule has 2 aliphatic rings. The van der Waals surface area contributed by atoms with Crippen molar-refractivity contribution in [3.63, 3.8) is 0 Å². The Hall–Kier alpha value is -1.14. The molecule has 0 radical (unpaired) electrons. The zero-order valence-corrected chi connectivity index (χ0v) is 10.4. The van der Waals surface area contributed by atoms with Crippen molar-refractivity contribution in [1.82, 2.24) is 10.2 Å². The molecule has 1 aliphatic heterocycles. The number of carbonyl (C=O) groups is 2. The van der Waals surface area contributed by atoms with Crippen molar-refractivity contribution in [3.05, 3.63) is 0 Å². The maximum atomic E-state index is 11.8. The molecule has 1 heterocycles. The van der Waals surface area contributed by atoms with E-state index in [1.165, 1.54) is 0 Å². The van der Waals surface area contributed by atoms with Crippen LogP contribution in [0.15, 0.2) is 0 Å². The van der Waals surface area contributed by atoms with Gasteiger partial charge in [-0.25, -0.2) is 4.79 Å². The molecule has 2 rings (SSSR count). The number of carbonyl (C=O) groups excluding carboxylic acids is 2. The van der Waals surface area contributed by atoms with E-state index in [0.717, 1.165) is 13.1 Å². The van der Waals surface area contributed by atoms with Crippen LogP contribution in [0.4, 0.5) is 4.79 Å². The van der Waals surface area contributed by atoms with Gasteiger partial charge in [0.05, 0.1) is 12.0 Å². The Bertz CT molecular complexity index is 307. The number of piperazine rings is 1. The Morgan fingerprint density at radius 2 is 1.72 bits per heavy atom. The van der Waals surface area contributed by atoms with Crippen molar-refractivity contribution < 1.29 is 19.4 Å². The fraction of sp³-hybridized carbons (Fsp3) is 0.833. The summed E-state index contributed by atoms with van der Waals surface area (Å²) in [6.45, 7) is 2.63. The van der Waals surface area contributed by atoms with Gasteiger partial charge in [0.25, 0.3) is 0 Å². The van der Waals surface area contributed by atoms with E-state index in [0.29, 0.717) is 38.8 Å². The molecule has 2 fully saturated rings. The molecule has 1 saturated heterocycles. The zero-order valence-electron chi connectivity index (χ0n) is 10.4. The van der Waals surface area contributed by atoms with Gasteiger partial charge < -0.3 is 20.1 Å². The average Bonchev–Trinajstić information content (AvgIpc) is 2.40. The van der Waals surface area contributed by atoms with Crippen LogP contribution in [0.1, 0.15) is 25.7 Å². The van der Waals surface area contributed by atoms with Crippen LogP contribution in [0.3, 0.4) is 0 Å². The molecule has 0 aromatic rings. The largest absolute Gasteiger partial charge is 0.417 e. The molecule has 1 amide bonds. The van der Waals surface area contributed by atoms with Crippen LogP contribution in [0.2, 0.25) is 0 Å². The summed E-state index contributed by atoms with van der Waals surface area (Å²) in [6.07, 6.45) is 1.60. The number of ether oxygens (including phenoxy) is 1. The van der Waals surface area contributed by atoms with E-state index in [4.69, 9.17) is 4.74 Å². The highest BCUT2D eigenvalue weighted by atomic mass is 16.6. The normalized spacial score (nSPS) is 28.8. The zero-order chi connectivity index (χ0) is 13.0. The van der Waals surface area contributed by atoms with Crippen LogP contribution in [-0.2, 0) is 9.53 Å². The summed E-state index contributed by atoms with van der Waals surface area (Å²) in [7, 11) is 0. The number of aliphatic hydroxyl groups is 1. The standard InChI is InChI=1S/C12H20N2O4/c15-10-3-1-9(2-4-10)11(16)18-12(17)14-7-5-13-6-8-14/h9-10,13,15H,1-8H2. The van der Waals surface area contributed by atoms with Gasteiger partial charge in [-0.05, 0) is 25.7 Å². The highest BCUT2D eigenvalue weighted by Crippen LogP contribution is 2.25. The molecule has 1 saturated carbocycles. The van der Waals surface area contributed by atoms with Crippen molar-refractivity contribution >= 4 is 12.1 Å².